The molecule has 1 aromatic carbocycles. The zero-order valence-electron chi connectivity index (χ0n) is 10.8. The monoisotopic (exact) mass is 240 g/mol. The van der Waals surface area contributed by atoms with E-state index in [4.69, 9.17) is 0 Å². The van der Waals surface area contributed by atoms with Gasteiger partial charge in [0.1, 0.15) is 0 Å². The highest BCUT2D eigenvalue weighted by molar-refractivity contribution is 6.01. The van der Waals surface area contributed by atoms with Crippen molar-refractivity contribution in [1.82, 2.24) is 0 Å². The van der Waals surface area contributed by atoms with Crippen LogP contribution in [0.25, 0.3) is 0 Å². The Balaban J connectivity index is 1.84. The SMILES string of the molecule is O=C(C1=CCCCCC1)C1CCc2ccccc21. The molecule has 3 rings (SSSR count). The molecule has 2 aliphatic carbocycles. The molecule has 0 heterocycles. The Bertz CT molecular complexity index is 484. The Hall–Kier alpha value is -1.37. The largest absolute Gasteiger partial charge is 0.294 e. The van der Waals surface area contributed by atoms with Crippen LogP contribution in [0, 0.1) is 0 Å². The molecule has 0 N–H and O–H groups in total. The molecule has 2 aliphatic rings. The van der Waals surface area contributed by atoms with Gasteiger partial charge in [-0.3, -0.25) is 4.79 Å². The quantitative estimate of drug-likeness (QED) is 0.758. The summed E-state index contributed by atoms with van der Waals surface area (Å²) in [5.41, 5.74) is 3.77. The second-order valence-corrected chi connectivity index (χ2v) is 5.48. The summed E-state index contributed by atoms with van der Waals surface area (Å²) in [7, 11) is 0. The number of rotatable bonds is 2. The first-order valence-electron chi connectivity index (χ1n) is 7.17. The number of hydrogen-bond donors (Lipinski definition) is 0. The van der Waals surface area contributed by atoms with E-state index in [1.165, 1.54) is 30.4 Å². The van der Waals surface area contributed by atoms with Crippen LogP contribution in [0.3, 0.4) is 0 Å². The summed E-state index contributed by atoms with van der Waals surface area (Å²) in [5, 5.41) is 0. The van der Waals surface area contributed by atoms with Gasteiger partial charge in [-0.15, -0.1) is 0 Å². The van der Waals surface area contributed by atoms with Gasteiger partial charge in [0.25, 0.3) is 0 Å². The molecule has 0 spiro atoms. The number of ketones is 1. The molecule has 0 aromatic heterocycles. The Morgan fingerprint density at radius 1 is 1.06 bits per heavy atom. The van der Waals surface area contributed by atoms with Crippen LogP contribution in [0.1, 0.15) is 55.6 Å². The Morgan fingerprint density at radius 3 is 2.89 bits per heavy atom. The molecule has 18 heavy (non-hydrogen) atoms. The van der Waals surface area contributed by atoms with Crippen LogP contribution in [0.2, 0.25) is 0 Å². The Kier molecular flexibility index (Phi) is 3.31. The first-order chi connectivity index (χ1) is 8.86. The van der Waals surface area contributed by atoms with Crippen molar-refractivity contribution in [3.05, 3.63) is 47.0 Å². The van der Waals surface area contributed by atoms with E-state index >= 15 is 0 Å². The zero-order valence-corrected chi connectivity index (χ0v) is 10.8. The van der Waals surface area contributed by atoms with Crippen molar-refractivity contribution >= 4 is 5.78 Å². The van der Waals surface area contributed by atoms with Crippen LogP contribution < -0.4 is 0 Å². The molecule has 1 aromatic rings. The van der Waals surface area contributed by atoms with Gasteiger partial charge in [0.2, 0.25) is 0 Å². The predicted molar refractivity (Wildman–Crippen MR) is 73.7 cm³/mol. The number of fused-ring (bicyclic) bond motifs is 1. The summed E-state index contributed by atoms with van der Waals surface area (Å²) >= 11 is 0. The molecule has 0 aliphatic heterocycles. The average Bonchev–Trinajstić information content (AvgIpc) is 2.65. The van der Waals surface area contributed by atoms with E-state index in [0.29, 0.717) is 5.78 Å². The maximum absolute atomic E-state index is 12.6. The van der Waals surface area contributed by atoms with E-state index in [-0.39, 0.29) is 5.92 Å². The second kappa shape index (κ2) is 5.09. The van der Waals surface area contributed by atoms with Crippen molar-refractivity contribution in [2.45, 2.75) is 50.9 Å². The van der Waals surface area contributed by atoms with Gasteiger partial charge in [0.15, 0.2) is 5.78 Å². The average molecular weight is 240 g/mol. The van der Waals surface area contributed by atoms with Crippen LogP contribution >= 0.6 is 0 Å². The number of hydrogen-bond acceptors (Lipinski definition) is 1. The summed E-state index contributed by atoms with van der Waals surface area (Å²) in [6.07, 6.45) is 10.1. The van der Waals surface area contributed by atoms with E-state index in [0.717, 1.165) is 31.3 Å². The van der Waals surface area contributed by atoms with E-state index < -0.39 is 0 Å². The summed E-state index contributed by atoms with van der Waals surface area (Å²) in [5.74, 6) is 0.549. The first kappa shape index (κ1) is 11.7. The number of benzene rings is 1. The number of carbonyl (C=O) groups is 1. The third-order valence-electron chi connectivity index (χ3n) is 4.31. The minimum absolute atomic E-state index is 0.144. The van der Waals surface area contributed by atoms with Crippen LogP contribution in [0.15, 0.2) is 35.9 Å². The fraction of sp³-hybridized carbons (Fsp3) is 0.471. The van der Waals surface area contributed by atoms with Crippen molar-refractivity contribution in [2.75, 3.05) is 0 Å². The first-order valence-corrected chi connectivity index (χ1v) is 7.17. The molecular formula is C17H20O. The zero-order chi connectivity index (χ0) is 12.4. The minimum Gasteiger partial charge on any atom is -0.294 e. The Morgan fingerprint density at radius 2 is 1.94 bits per heavy atom. The van der Waals surface area contributed by atoms with E-state index in [1.807, 2.05) is 0 Å². The van der Waals surface area contributed by atoms with E-state index in [1.54, 1.807) is 0 Å². The highest BCUT2D eigenvalue weighted by Gasteiger charge is 2.29. The lowest BCUT2D eigenvalue weighted by molar-refractivity contribution is -0.117. The van der Waals surface area contributed by atoms with E-state index in [9.17, 15) is 4.79 Å². The van der Waals surface area contributed by atoms with Crippen molar-refractivity contribution < 1.29 is 4.79 Å². The van der Waals surface area contributed by atoms with Gasteiger partial charge in [0, 0.05) is 5.92 Å². The summed E-state index contributed by atoms with van der Waals surface area (Å²) in [6, 6.07) is 8.45. The molecule has 94 valence electrons. The van der Waals surface area contributed by atoms with Gasteiger partial charge in [-0.1, -0.05) is 36.8 Å². The molecule has 0 saturated carbocycles. The van der Waals surface area contributed by atoms with Gasteiger partial charge in [-0.05, 0) is 55.2 Å². The van der Waals surface area contributed by atoms with Crippen LogP contribution in [0.5, 0.6) is 0 Å². The molecule has 1 heteroatoms. The van der Waals surface area contributed by atoms with Crippen molar-refractivity contribution in [1.29, 1.82) is 0 Å². The third-order valence-corrected chi connectivity index (χ3v) is 4.31. The van der Waals surface area contributed by atoms with Gasteiger partial charge < -0.3 is 0 Å². The van der Waals surface area contributed by atoms with Crippen molar-refractivity contribution in [3.63, 3.8) is 0 Å². The number of allylic oxidation sites excluding steroid dienone is 2. The number of Topliss-reactive ketones (excluding diaryl/α,β-unsaturated/α-hetero) is 1. The lowest BCUT2D eigenvalue weighted by Gasteiger charge is -2.12. The molecule has 0 amide bonds. The predicted octanol–water partition coefficient (Wildman–Crippen LogP) is 4.18. The van der Waals surface area contributed by atoms with Gasteiger partial charge >= 0.3 is 0 Å². The Labute approximate surface area is 109 Å². The number of aryl methyl sites for hydroxylation is 1. The topological polar surface area (TPSA) is 17.1 Å². The molecular weight excluding hydrogens is 220 g/mol. The molecule has 1 atom stereocenters. The molecule has 1 nitrogen and oxygen atoms in total. The minimum atomic E-state index is 0.144. The fourth-order valence-electron chi connectivity index (χ4n) is 3.29. The summed E-state index contributed by atoms with van der Waals surface area (Å²) in [4.78, 5) is 12.6. The van der Waals surface area contributed by atoms with Crippen molar-refractivity contribution in [2.24, 2.45) is 0 Å². The molecule has 0 fully saturated rings. The highest BCUT2D eigenvalue weighted by atomic mass is 16.1. The molecule has 0 bridgehead atoms. The van der Waals surface area contributed by atoms with Gasteiger partial charge in [-0.2, -0.15) is 0 Å². The van der Waals surface area contributed by atoms with Gasteiger partial charge in [0.05, 0.1) is 0 Å². The molecule has 1 unspecified atom stereocenters. The lowest BCUT2D eigenvalue weighted by atomic mass is 9.90. The summed E-state index contributed by atoms with van der Waals surface area (Å²) < 4.78 is 0. The smallest absolute Gasteiger partial charge is 0.165 e. The standard InChI is InChI=1S/C17H20O/c18-17(14-8-3-1-2-4-9-14)16-12-11-13-7-5-6-10-15(13)16/h5-8,10,16H,1-4,9,11-12H2. The maximum atomic E-state index is 12.6. The van der Waals surface area contributed by atoms with E-state index in [2.05, 4.69) is 30.3 Å². The third kappa shape index (κ3) is 2.14. The lowest BCUT2D eigenvalue weighted by Crippen LogP contribution is -2.12. The summed E-state index contributed by atoms with van der Waals surface area (Å²) in [6.45, 7) is 0. The van der Waals surface area contributed by atoms with Crippen molar-refractivity contribution in [3.8, 4) is 0 Å². The normalized spacial score (nSPS) is 23.1. The van der Waals surface area contributed by atoms with Gasteiger partial charge in [-0.25, -0.2) is 0 Å². The van der Waals surface area contributed by atoms with Crippen LogP contribution in [-0.2, 0) is 11.2 Å². The fourth-order valence-corrected chi connectivity index (χ4v) is 3.29. The second-order valence-electron chi connectivity index (χ2n) is 5.48. The molecule has 0 saturated heterocycles. The number of carbonyl (C=O) groups excluding carboxylic acids is 1. The maximum Gasteiger partial charge on any atom is 0.165 e. The molecule has 0 radical (unpaired) electrons. The van der Waals surface area contributed by atoms with Crippen LogP contribution in [-0.4, -0.2) is 5.78 Å². The van der Waals surface area contributed by atoms with Crippen LogP contribution in [0.4, 0.5) is 0 Å². The highest BCUT2D eigenvalue weighted by Crippen LogP contribution is 2.36.